The molecule has 5 nitrogen and oxygen atoms in total. The Hall–Kier alpha value is -1.07. The van der Waals surface area contributed by atoms with Crippen LogP contribution in [0.15, 0.2) is 11.1 Å². The van der Waals surface area contributed by atoms with Crippen molar-refractivity contribution >= 4 is 17.4 Å². The lowest BCUT2D eigenvalue weighted by molar-refractivity contribution is 0.670. The quantitative estimate of drug-likeness (QED) is 0.766. The van der Waals surface area contributed by atoms with Gasteiger partial charge < -0.3 is 15.6 Å². The van der Waals surface area contributed by atoms with E-state index in [4.69, 9.17) is 17.3 Å². The van der Waals surface area contributed by atoms with E-state index in [1.54, 1.807) is 0 Å². The van der Waals surface area contributed by atoms with Crippen molar-refractivity contribution in [2.45, 2.75) is 18.9 Å². The normalized spacial score (nSPS) is 20.9. The third kappa shape index (κ3) is 1.85. The lowest BCUT2D eigenvalue weighted by atomic mass is 10.2. The van der Waals surface area contributed by atoms with Crippen molar-refractivity contribution in [1.29, 1.82) is 0 Å². The molecule has 0 amide bonds. The van der Waals surface area contributed by atoms with Crippen molar-refractivity contribution in [3.05, 3.63) is 21.7 Å². The van der Waals surface area contributed by atoms with Gasteiger partial charge in [-0.2, -0.15) is 0 Å². The Kier molecular flexibility index (Phi) is 2.93. The van der Waals surface area contributed by atoms with Crippen molar-refractivity contribution < 1.29 is 0 Å². The monoisotopic (exact) mass is 228 g/mol. The van der Waals surface area contributed by atoms with E-state index in [1.807, 2.05) is 4.90 Å². The van der Waals surface area contributed by atoms with Crippen molar-refractivity contribution in [3.8, 4) is 0 Å². The van der Waals surface area contributed by atoms with E-state index in [0.29, 0.717) is 12.4 Å². The fourth-order valence-corrected chi connectivity index (χ4v) is 2.15. The minimum absolute atomic E-state index is 0.151. The summed E-state index contributed by atoms with van der Waals surface area (Å²) in [5, 5.41) is 0.151. The molecule has 0 spiro atoms. The van der Waals surface area contributed by atoms with Gasteiger partial charge in [0, 0.05) is 19.1 Å². The second-order valence-electron chi connectivity index (χ2n) is 3.59. The van der Waals surface area contributed by atoms with E-state index in [-0.39, 0.29) is 16.6 Å². The highest BCUT2D eigenvalue weighted by Crippen LogP contribution is 2.26. The summed E-state index contributed by atoms with van der Waals surface area (Å²) in [5.41, 5.74) is 5.35. The average Bonchev–Trinajstić information content (AvgIpc) is 2.70. The molecule has 1 saturated heterocycles. The first-order valence-electron chi connectivity index (χ1n) is 4.94. The van der Waals surface area contributed by atoms with E-state index in [9.17, 15) is 4.79 Å². The lowest BCUT2D eigenvalue weighted by Gasteiger charge is -2.24. The maximum atomic E-state index is 11.3. The Morgan fingerprint density at radius 1 is 1.73 bits per heavy atom. The topological polar surface area (TPSA) is 75.0 Å². The minimum atomic E-state index is -0.302. The molecule has 1 atom stereocenters. The second-order valence-corrected chi connectivity index (χ2v) is 3.97. The van der Waals surface area contributed by atoms with Gasteiger partial charge in [-0.1, -0.05) is 11.6 Å². The molecule has 0 bridgehead atoms. The number of nitrogens with one attached hydrogen (secondary N) is 1. The van der Waals surface area contributed by atoms with Gasteiger partial charge in [0.25, 0.3) is 5.56 Å². The molecule has 0 aliphatic carbocycles. The standard InChI is InChI=1S/C9H13ClN4O/c10-7-8(12-5-13-9(7)15)14-3-1-2-6(14)4-11/h5-6H,1-4,11H2,(H,12,13,15). The third-order valence-corrected chi connectivity index (χ3v) is 3.04. The van der Waals surface area contributed by atoms with Crippen LogP contribution in [0, 0.1) is 0 Å². The Morgan fingerprint density at radius 3 is 3.27 bits per heavy atom. The maximum absolute atomic E-state index is 11.3. The molecule has 0 radical (unpaired) electrons. The van der Waals surface area contributed by atoms with Gasteiger partial charge in [0.2, 0.25) is 0 Å². The molecule has 1 aromatic rings. The fraction of sp³-hybridized carbons (Fsp3) is 0.556. The number of halogens is 1. The average molecular weight is 229 g/mol. The highest BCUT2D eigenvalue weighted by Gasteiger charge is 2.26. The Labute approximate surface area is 92.3 Å². The molecule has 3 N–H and O–H groups in total. The first kappa shape index (κ1) is 10.4. The second kappa shape index (κ2) is 4.20. The van der Waals surface area contributed by atoms with Crippen LogP contribution in [0.3, 0.4) is 0 Å². The summed E-state index contributed by atoms with van der Waals surface area (Å²) in [7, 11) is 0. The molecule has 1 aromatic heterocycles. The molecule has 1 aliphatic rings. The summed E-state index contributed by atoms with van der Waals surface area (Å²) < 4.78 is 0. The van der Waals surface area contributed by atoms with Crippen LogP contribution in [0.1, 0.15) is 12.8 Å². The Bertz CT molecular complexity index is 405. The Balaban J connectivity index is 2.36. The molecule has 6 heteroatoms. The SMILES string of the molecule is NCC1CCCN1c1nc[nH]c(=O)c1Cl. The zero-order chi connectivity index (χ0) is 10.8. The molecule has 2 heterocycles. The molecule has 15 heavy (non-hydrogen) atoms. The number of rotatable bonds is 2. The molecule has 1 fully saturated rings. The van der Waals surface area contributed by atoms with Crippen LogP contribution < -0.4 is 16.2 Å². The van der Waals surface area contributed by atoms with E-state index in [0.717, 1.165) is 19.4 Å². The molecule has 82 valence electrons. The van der Waals surface area contributed by atoms with E-state index < -0.39 is 0 Å². The number of aromatic nitrogens is 2. The van der Waals surface area contributed by atoms with Crippen molar-refractivity contribution in [2.75, 3.05) is 18.0 Å². The van der Waals surface area contributed by atoms with Gasteiger partial charge >= 0.3 is 0 Å². The molecule has 0 saturated carbocycles. The molecule has 0 aromatic carbocycles. The molecular formula is C9H13ClN4O. The number of anilines is 1. The van der Waals surface area contributed by atoms with Crippen molar-refractivity contribution in [2.24, 2.45) is 5.73 Å². The van der Waals surface area contributed by atoms with Crippen LogP contribution in [0.2, 0.25) is 5.02 Å². The summed E-state index contributed by atoms with van der Waals surface area (Å²) in [6.45, 7) is 1.42. The molecule has 1 unspecified atom stereocenters. The Morgan fingerprint density at radius 2 is 2.53 bits per heavy atom. The van der Waals surface area contributed by atoms with Gasteiger partial charge in [0.15, 0.2) is 5.82 Å². The number of aromatic amines is 1. The van der Waals surface area contributed by atoms with E-state index in [2.05, 4.69) is 9.97 Å². The summed E-state index contributed by atoms with van der Waals surface area (Å²) in [5.74, 6) is 0.549. The van der Waals surface area contributed by atoms with Gasteiger partial charge in [-0.15, -0.1) is 0 Å². The van der Waals surface area contributed by atoms with Gasteiger partial charge in [0.05, 0.1) is 6.33 Å². The highest BCUT2D eigenvalue weighted by atomic mass is 35.5. The number of hydrogen-bond acceptors (Lipinski definition) is 4. The largest absolute Gasteiger partial charge is 0.351 e. The third-order valence-electron chi connectivity index (χ3n) is 2.70. The maximum Gasteiger partial charge on any atom is 0.271 e. The first-order valence-corrected chi connectivity index (χ1v) is 5.31. The molecular weight excluding hydrogens is 216 g/mol. The van der Waals surface area contributed by atoms with Crippen LogP contribution in [0.4, 0.5) is 5.82 Å². The summed E-state index contributed by atoms with van der Waals surface area (Å²) in [6, 6.07) is 0.247. The van der Waals surface area contributed by atoms with Gasteiger partial charge in [-0.05, 0) is 12.8 Å². The smallest absolute Gasteiger partial charge is 0.271 e. The van der Waals surface area contributed by atoms with Crippen molar-refractivity contribution in [1.82, 2.24) is 9.97 Å². The molecule has 2 rings (SSSR count). The number of nitrogens with two attached hydrogens (primary N) is 1. The van der Waals surface area contributed by atoms with Crippen LogP contribution in [0.5, 0.6) is 0 Å². The predicted octanol–water partition coefficient (Wildman–Crippen LogP) is 0.351. The minimum Gasteiger partial charge on any atom is -0.351 e. The summed E-state index contributed by atoms with van der Waals surface area (Å²) >= 11 is 5.91. The summed E-state index contributed by atoms with van der Waals surface area (Å²) in [6.07, 6.45) is 3.46. The van der Waals surface area contributed by atoms with Crippen LogP contribution in [0.25, 0.3) is 0 Å². The van der Waals surface area contributed by atoms with E-state index in [1.165, 1.54) is 6.33 Å². The molecule has 1 aliphatic heterocycles. The van der Waals surface area contributed by atoms with Gasteiger partial charge in [-0.25, -0.2) is 4.98 Å². The number of nitrogens with zero attached hydrogens (tertiary/aromatic N) is 2. The summed E-state index contributed by atoms with van der Waals surface area (Å²) in [4.78, 5) is 19.9. The fourth-order valence-electron chi connectivity index (χ4n) is 1.93. The van der Waals surface area contributed by atoms with Crippen LogP contribution >= 0.6 is 11.6 Å². The highest BCUT2D eigenvalue weighted by molar-refractivity contribution is 6.32. The first-order chi connectivity index (χ1) is 7.24. The zero-order valence-electron chi connectivity index (χ0n) is 8.24. The van der Waals surface area contributed by atoms with Crippen LogP contribution in [-0.2, 0) is 0 Å². The van der Waals surface area contributed by atoms with E-state index >= 15 is 0 Å². The van der Waals surface area contributed by atoms with Gasteiger partial charge in [-0.3, -0.25) is 4.79 Å². The lowest BCUT2D eigenvalue weighted by Crippen LogP contribution is -2.36. The van der Waals surface area contributed by atoms with Gasteiger partial charge in [0.1, 0.15) is 5.02 Å². The number of hydrogen-bond donors (Lipinski definition) is 2. The van der Waals surface area contributed by atoms with Crippen molar-refractivity contribution in [3.63, 3.8) is 0 Å². The number of H-pyrrole nitrogens is 1. The van der Waals surface area contributed by atoms with Crippen LogP contribution in [-0.4, -0.2) is 29.1 Å². The zero-order valence-corrected chi connectivity index (χ0v) is 9.00. The predicted molar refractivity (Wildman–Crippen MR) is 59.3 cm³/mol.